The number of carbonyl (C=O) groups excluding carboxylic acids is 1. The van der Waals surface area contributed by atoms with Gasteiger partial charge in [0.1, 0.15) is 5.82 Å². The van der Waals surface area contributed by atoms with Gasteiger partial charge in [-0.05, 0) is 35.9 Å². The number of aromatic nitrogens is 1. The van der Waals surface area contributed by atoms with Crippen LogP contribution in [0.15, 0.2) is 85.1 Å². The summed E-state index contributed by atoms with van der Waals surface area (Å²) in [6.45, 7) is 0. The van der Waals surface area contributed by atoms with Gasteiger partial charge in [0.05, 0.1) is 5.69 Å². The van der Waals surface area contributed by atoms with Crippen molar-refractivity contribution in [3.8, 4) is 0 Å². The Kier molecular flexibility index (Phi) is 5.32. The van der Waals surface area contributed by atoms with E-state index in [4.69, 9.17) is 4.74 Å². The minimum atomic E-state index is -0.773. The van der Waals surface area contributed by atoms with Gasteiger partial charge in [0.15, 0.2) is 6.10 Å². The van der Waals surface area contributed by atoms with Crippen molar-refractivity contribution in [3.05, 3.63) is 108 Å². The van der Waals surface area contributed by atoms with E-state index < -0.39 is 17.9 Å². The number of nitrogens with zero attached hydrogens (tertiary/aromatic N) is 1. The van der Waals surface area contributed by atoms with Gasteiger partial charge < -0.3 is 4.74 Å². The highest BCUT2D eigenvalue weighted by atomic mass is 19.1. The number of hydrogen-bond acceptors (Lipinski definition) is 3. The number of carbonyl (C=O) groups is 1. The molecule has 0 saturated heterocycles. The number of pyridine rings is 1. The number of halogens is 1. The van der Waals surface area contributed by atoms with E-state index in [1.807, 2.05) is 30.3 Å². The lowest BCUT2D eigenvalue weighted by Gasteiger charge is -2.17. The van der Waals surface area contributed by atoms with E-state index in [0.29, 0.717) is 11.3 Å². The summed E-state index contributed by atoms with van der Waals surface area (Å²) < 4.78 is 19.1. The molecule has 0 unspecified atom stereocenters. The molecule has 0 radical (unpaired) electrons. The third-order valence-electron chi connectivity index (χ3n) is 3.55. The molecule has 0 fully saturated rings. The third-order valence-corrected chi connectivity index (χ3v) is 3.55. The summed E-state index contributed by atoms with van der Waals surface area (Å²) in [5.41, 5.74) is 1.95. The van der Waals surface area contributed by atoms with Crippen molar-refractivity contribution >= 4 is 12.0 Å². The molecule has 0 aliphatic heterocycles. The SMILES string of the molecule is O=C(/C=C/c1ccccc1)O[C@@H](c1cccc(F)c1)c1ccccn1. The largest absolute Gasteiger partial charge is 0.448 e. The van der Waals surface area contributed by atoms with Crippen LogP contribution >= 0.6 is 0 Å². The van der Waals surface area contributed by atoms with Crippen LogP contribution in [-0.2, 0) is 9.53 Å². The Morgan fingerprint density at radius 2 is 1.80 bits per heavy atom. The molecule has 0 aliphatic carbocycles. The van der Waals surface area contributed by atoms with Gasteiger partial charge in [-0.25, -0.2) is 9.18 Å². The topological polar surface area (TPSA) is 39.2 Å². The lowest BCUT2D eigenvalue weighted by atomic mass is 10.1. The summed E-state index contributed by atoms with van der Waals surface area (Å²) in [7, 11) is 0. The lowest BCUT2D eigenvalue weighted by molar-refractivity contribution is -0.141. The normalized spacial score (nSPS) is 12.0. The first-order valence-electron chi connectivity index (χ1n) is 7.82. The van der Waals surface area contributed by atoms with Crippen LogP contribution in [0.4, 0.5) is 4.39 Å². The molecule has 3 aromatic rings. The second-order valence-electron chi connectivity index (χ2n) is 5.37. The molecule has 25 heavy (non-hydrogen) atoms. The van der Waals surface area contributed by atoms with Crippen molar-refractivity contribution in [2.24, 2.45) is 0 Å². The predicted octanol–water partition coefficient (Wildman–Crippen LogP) is 4.57. The van der Waals surface area contributed by atoms with Crippen molar-refractivity contribution in [3.63, 3.8) is 0 Å². The molecule has 0 N–H and O–H groups in total. The first-order chi connectivity index (χ1) is 12.2. The Balaban J connectivity index is 1.83. The van der Waals surface area contributed by atoms with Crippen LogP contribution in [0.1, 0.15) is 22.9 Å². The summed E-state index contributed by atoms with van der Waals surface area (Å²) in [4.78, 5) is 16.5. The van der Waals surface area contributed by atoms with Crippen LogP contribution in [0, 0.1) is 5.82 Å². The number of benzene rings is 2. The van der Waals surface area contributed by atoms with Gasteiger partial charge in [0, 0.05) is 17.8 Å². The molecule has 0 spiro atoms. The maximum absolute atomic E-state index is 13.6. The molecule has 0 saturated carbocycles. The van der Waals surface area contributed by atoms with E-state index in [2.05, 4.69) is 4.98 Å². The van der Waals surface area contributed by atoms with Gasteiger partial charge in [-0.15, -0.1) is 0 Å². The van der Waals surface area contributed by atoms with Crippen molar-refractivity contribution in [2.45, 2.75) is 6.10 Å². The van der Waals surface area contributed by atoms with E-state index >= 15 is 0 Å². The predicted molar refractivity (Wildman–Crippen MR) is 94.0 cm³/mol. The van der Waals surface area contributed by atoms with Crippen LogP contribution in [0.3, 0.4) is 0 Å². The zero-order valence-corrected chi connectivity index (χ0v) is 13.4. The number of hydrogen-bond donors (Lipinski definition) is 0. The third kappa shape index (κ3) is 4.61. The van der Waals surface area contributed by atoms with E-state index in [-0.39, 0.29) is 0 Å². The smallest absolute Gasteiger partial charge is 0.331 e. The Hall–Kier alpha value is -3.27. The molecule has 0 amide bonds. The molecule has 1 heterocycles. The number of rotatable bonds is 5. The van der Waals surface area contributed by atoms with Crippen molar-refractivity contribution in [1.82, 2.24) is 4.98 Å². The molecule has 3 nitrogen and oxygen atoms in total. The van der Waals surface area contributed by atoms with Crippen LogP contribution in [0.2, 0.25) is 0 Å². The molecule has 1 atom stereocenters. The van der Waals surface area contributed by atoms with Crippen LogP contribution in [-0.4, -0.2) is 11.0 Å². The second-order valence-corrected chi connectivity index (χ2v) is 5.37. The Labute approximate surface area is 145 Å². The standard InChI is InChI=1S/C21H16FNO2/c22-18-10-6-9-17(15-18)21(19-11-4-5-14-23-19)25-20(24)13-12-16-7-2-1-3-8-16/h1-15,21H/b13-12+/t21-/m0/s1. The van der Waals surface area contributed by atoms with Gasteiger partial charge in [0.2, 0.25) is 0 Å². The van der Waals surface area contributed by atoms with Gasteiger partial charge in [0.25, 0.3) is 0 Å². The minimum Gasteiger partial charge on any atom is -0.448 e. The Morgan fingerprint density at radius 3 is 2.52 bits per heavy atom. The van der Waals surface area contributed by atoms with Crippen LogP contribution in [0.5, 0.6) is 0 Å². The van der Waals surface area contributed by atoms with Crippen LogP contribution < -0.4 is 0 Å². The fourth-order valence-electron chi connectivity index (χ4n) is 2.38. The van der Waals surface area contributed by atoms with Gasteiger partial charge in [-0.3, -0.25) is 4.98 Å². The molecule has 0 bridgehead atoms. The highest BCUT2D eigenvalue weighted by Crippen LogP contribution is 2.25. The maximum Gasteiger partial charge on any atom is 0.331 e. The van der Waals surface area contributed by atoms with Crippen LogP contribution in [0.25, 0.3) is 6.08 Å². The molecule has 0 aliphatic rings. The van der Waals surface area contributed by atoms with Gasteiger partial charge >= 0.3 is 5.97 Å². The summed E-state index contributed by atoms with van der Waals surface area (Å²) in [5.74, 6) is -0.918. The number of ether oxygens (including phenoxy) is 1. The molecule has 4 heteroatoms. The fraction of sp³-hybridized carbons (Fsp3) is 0.0476. The van der Waals surface area contributed by atoms with Crippen molar-refractivity contribution < 1.29 is 13.9 Å². The highest BCUT2D eigenvalue weighted by Gasteiger charge is 2.19. The van der Waals surface area contributed by atoms with E-state index in [0.717, 1.165) is 5.56 Å². The van der Waals surface area contributed by atoms with E-state index in [1.165, 1.54) is 18.2 Å². The summed E-state index contributed by atoms with van der Waals surface area (Å²) in [5, 5.41) is 0. The highest BCUT2D eigenvalue weighted by molar-refractivity contribution is 5.87. The summed E-state index contributed by atoms with van der Waals surface area (Å²) >= 11 is 0. The fourth-order valence-corrected chi connectivity index (χ4v) is 2.38. The molecule has 3 rings (SSSR count). The summed E-state index contributed by atoms with van der Waals surface area (Å²) in [6, 6.07) is 20.7. The average Bonchev–Trinajstić information content (AvgIpc) is 2.66. The number of esters is 1. The molecule has 1 aromatic heterocycles. The Morgan fingerprint density at radius 1 is 1.00 bits per heavy atom. The maximum atomic E-state index is 13.6. The minimum absolute atomic E-state index is 0.394. The Bertz CT molecular complexity index is 863. The quantitative estimate of drug-likeness (QED) is 0.507. The zero-order chi connectivity index (χ0) is 17.5. The molecule has 124 valence electrons. The van der Waals surface area contributed by atoms with E-state index in [1.54, 1.807) is 42.6 Å². The first-order valence-corrected chi connectivity index (χ1v) is 7.82. The van der Waals surface area contributed by atoms with Gasteiger partial charge in [-0.1, -0.05) is 48.5 Å². The first kappa shape index (κ1) is 16.6. The molecular formula is C21H16FNO2. The summed E-state index contributed by atoms with van der Waals surface area (Å²) in [6.07, 6.45) is 3.85. The second kappa shape index (κ2) is 8.02. The van der Waals surface area contributed by atoms with Crippen molar-refractivity contribution in [2.75, 3.05) is 0 Å². The lowest BCUT2D eigenvalue weighted by Crippen LogP contribution is -2.12. The van der Waals surface area contributed by atoms with Crippen molar-refractivity contribution in [1.29, 1.82) is 0 Å². The average molecular weight is 333 g/mol. The molecular weight excluding hydrogens is 317 g/mol. The van der Waals surface area contributed by atoms with Gasteiger partial charge in [-0.2, -0.15) is 0 Å². The monoisotopic (exact) mass is 333 g/mol. The molecule has 2 aromatic carbocycles. The zero-order valence-electron chi connectivity index (χ0n) is 13.4. The van der Waals surface area contributed by atoms with E-state index in [9.17, 15) is 9.18 Å².